The summed E-state index contributed by atoms with van der Waals surface area (Å²) in [6.07, 6.45) is 0.970. The van der Waals surface area contributed by atoms with E-state index in [0.717, 1.165) is 19.6 Å². The SMILES string of the molecule is CNCc1ccc(-c2ccc(CCOC)cc2)cc1. The fraction of sp³-hybridized carbons (Fsp3) is 0.294. The van der Waals surface area contributed by atoms with Gasteiger partial charge in [-0.25, -0.2) is 0 Å². The van der Waals surface area contributed by atoms with Crippen molar-refractivity contribution in [2.24, 2.45) is 0 Å². The maximum Gasteiger partial charge on any atom is 0.0502 e. The van der Waals surface area contributed by atoms with E-state index in [1.54, 1.807) is 7.11 Å². The molecule has 2 rings (SSSR count). The molecule has 0 bridgehead atoms. The van der Waals surface area contributed by atoms with Crippen LogP contribution in [0.1, 0.15) is 11.1 Å². The van der Waals surface area contributed by atoms with Gasteiger partial charge in [-0.1, -0.05) is 48.5 Å². The molecule has 0 saturated heterocycles. The second kappa shape index (κ2) is 7.07. The number of rotatable bonds is 6. The van der Waals surface area contributed by atoms with E-state index in [0.29, 0.717) is 0 Å². The van der Waals surface area contributed by atoms with Gasteiger partial charge in [-0.2, -0.15) is 0 Å². The number of hydrogen-bond acceptors (Lipinski definition) is 2. The summed E-state index contributed by atoms with van der Waals surface area (Å²) < 4.78 is 5.09. The van der Waals surface area contributed by atoms with Gasteiger partial charge in [0.25, 0.3) is 0 Å². The van der Waals surface area contributed by atoms with E-state index in [1.165, 1.54) is 22.3 Å². The summed E-state index contributed by atoms with van der Waals surface area (Å²) in [4.78, 5) is 0. The standard InChI is InChI=1S/C17H21NO/c1-18-13-15-5-9-17(10-6-15)16-7-3-14(4-8-16)11-12-19-2/h3-10,18H,11-13H2,1-2H3. The lowest BCUT2D eigenvalue weighted by atomic mass is 10.0. The Morgan fingerprint density at radius 3 is 1.84 bits per heavy atom. The zero-order valence-corrected chi connectivity index (χ0v) is 11.6. The molecule has 2 heteroatoms. The molecule has 0 amide bonds. The van der Waals surface area contributed by atoms with Crippen molar-refractivity contribution in [1.82, 2.24) is 5.32 Å². The molecule has 100 valence electrons. The lowest BCUT2D eigenvalue weighted by Crippen LogP contribution is -2.04. The van der Waals surface area contributed by atoms with Crippen LogP contribution >= 0.6 is 0 Å². The number of methoxy groups -OCH3 is 1. The van der Waals surface area contributed by atoms with Crippen LogP contribution in [0.25, 0.3) is 11.1 Å². The fourth-order valence-electron chi connectivity index (χ4n) is 2.10. The van der Waals surface area contributed by atoms with Gasteiger partial charge in [-0.3, -0.25) is 0 Å². The van der Waals surface area contributed by atoms with Crippen LogP contribution in [-0.2, 0) is 17.7 Å². The summed E-state index contributed by atoms with van der Waals surface area (Å²) in [6.45, 7) is 1.69. The van der Waals surface area contributed by atoms with Gasteiger partial charge in [0, 0.05) is 13.7 Å². The van der Waals surface area contributed by atoms with E-state index < -0.39 is 0 Å². The molecule has 1 N–H and O–H groups in total. The van der Waals surface area contributed by atoms with E-state index in [9.17, 15) is 0 Å². The van der Waals surface area contributed by atoms with E-state index in [4.69, 9.17) is 4.74 Å². The predicted molar refractivity (Wildman–Crippen MR) is 80.2 cm³/mol. The van der Waals surface area contributed by atoms with Gasteiger partial charge in [-0.05, 0) is 35.7 Å². The highest BCUT2D eigenvalue weighted by molar-refractivity contribution is 5.63. The highest BCUT2D eigenvalue weighted by Gasteiger charge is 1.99. The van der Waals surface area contributed by atoms with Crippen molar-refractivity contribution in [2.45, 2.75) is 13.0 Å². The minimum Gasteiger partial charge on any atom is -0.384 e. The molecule has 0 aliphatic rings. The molecule has 0 heterocycles. The first kappa shape index (κ1) is 13.8. The molecule has 0 atom stereocenters. The van der Waals surface area contributed by atoms with Gasteiger partial charge in [-0.15, -0.1) is 0 Å². The van der Waals surface area contributed by atoms with Crippen molar-refractivity contribution < 1.29 is 4.74 Å². The van der Waals surface area contributed by atoms with Gasteiger partial charge in [0.05, 0.1) is 6.61 Å². The summed E-state index contributed by atoms with van der Waals surface area (Å²) in [6, 6.07) is 17.4. The highest BCUT2D eigenvalue weighted by Crippen LogP contribution is 2.20. The average molecular weight is 255 g/mol. The second-order valence-electron chi connectivity index (χ2n) is 4.67. The maximum atomic E-state index is 5.09. The zero-order chi connectivity index (χ0) is 13.5. The Balaban J connectivity index is 2.08. The Morgan fingerprint density at radius 2 is 1.37 bits per heavy atom. The highest BCUT2D eigenvalue weighted by atomic mass is 16.5. The first-order chi connectivity index (χ1) is 9.33. The Hall–Kier alpha value is -1.64. The molecule has 0 saturated carbocycles. The van der Waals surface area contributed by atoms with Crippen molar-refractivity contribution in [2.75, 3.05) is 20.8 Å². The predicted octanol–water partition coefficient (Wildman–Crippen LogP) is 3.26. The van der Waals surface area contributed by atoms with Crippen LogP contribution in [0, 0.1) is 0 Å². The summed E-state index contributed by atoms with van der Waals surface area (Å²) in [5.41, 5.74) is 5.15. The molecule has 2 aromatic rings. The average Bonchev–Trinajstić information content (AvgIpc) is 2.47. The maximum absolute atomic E-state index is 5.09. The Bertz CT molecular complexity index is 488. The van der Waals surface area contributed by atoms with Gasteiger partial charge in [0.1, 0.15) is 0 Å². The topological polar surface area (TPSA) is 21.3 Å². The van der Waals surface area contributed by atoms with E-state index in [2.05, 4.69) is 53.8 Å². The monoisotopic (exact) mass is 255 g/mol. The molecular weight excluding hydrogens is 234 g/mol. The quantitative estimate of drug-likeness (QED) is 0.855. The van der Waals surface area contributed by atoms with Gasteiger partial charge in [0.2, 0.25) is 0 Å². The summed E-state index contributed by atoms with van der Waals surface area (Å²) in [5, 5.41) is 3.16. The van der Waals surface area contributed by atoms with Crippen LogP contribution in [0.4, 0.5) is 0 Å². The van der Waals surface area contributed by atoms with Crippen LogP contribution in [0.5, 0.6) is 0 Å². The first-order valence-electron chi connectivity index (χ1n) is 6.65. The van der Waals surface area contributed by atoms with Gasteiger partial charge in [0.15, 0.2) is 0 Å². The second-order valence-corrected chi connectivity index (χ2v) is 4.67. The minimum absolute atomic E-state index is 0.776. The third-order valence-corrected chi connectivity index (χ3v) is 3.22. The van der Waals surface area contributed by atoms with Crippen LogP contribution in [-0.4, -0.2) is 20.8 Å². The molecule has 0 radical (unpaired) electrons. The number of ether oxygens (including phenoxy) is 1. The van der Waals surface area contributed by atoms with E-state index in [-0.39, 0.29) is 0 Å². The third kappa shape index (κ3) is 3.91. The van der Waals surface area contributed by atoms with Crippen LogP contribution in [0.3, 0.4) is 0 Å². The lowest BCUT2D eigenvalue weighted by Gasteiger charge is -2.06. The summed E-state index contributed by atoms with van der Waals surface area (Å²) in [7, 11) is 3.70. The smallest absolute Gasteiger partial charge is 0.0502 e. The molecule has 0 aromatic heterocycles. The molecule has 19 heavy (non-hydrogen) atoms. The lowest BCUT2D eigenvalue weighted by molar-refractivity contribution is 0.202. The van der Waals surface area contributed by atoms with Gasteiger partial charge < -0.3 is 10.1 Å². The Morgan fingerprint density at radius 1 is 0.842 bits per heavy atom. The fourth-order valence-corrected chi connectivity index (χ4v) is 2.10. The molecule has 0 unspecified atom stereocenters. The van der Waals surface area contributed by atoms with Crippen LogP contribution < -0.4 is 5.32 Å². The molecular formula is C17H21NO. The normalized spacial score (nSPS) is 10.6. The summed E-state index contributed by atoms with van der Waals surface area (Å²) in [5.74, 6) is 0. The van der Waals surface area contributed by atoms with E-state index in [1.807, 2.05) is 7.05 Å². The van der Waals surface area contributed by atoms with Crippen molar-refractivity contribution in [1.29, 1.82) is 0 Å². The molecule has 0 fully saturated rings. The van der Waals surface area contributed by atoms with E-state index >= 15 is 0 Å². The molecule has 0 aliphatic heterocycles. The molecule has 0 aliphatic carbocycles. The first-order valence-corrected chi connectivity index (χ1v) is 6.65. The number of nitrogens with one attached hydrogen (secondary N) is 1. The van der Waals surface area contributed by atoms with Crippen LogP contribution in [0.2, 0.25) is 0 Å². The largest absolute Gasteiger partial charge is 0.384 e. The van der Waals surface area contributed by atoms with Crippen molar-refractivity contribution in [3.05, 3.63) is 59.7 Å². The van der Waals surface area contributed by atoms with Gasteiger partial charge >= 0.3 is 0 Å². The Labute approximate surface area is 115 Å². The third-order valence-electron chi connectivity index (χ3n) is 3.22. The molecule has 0 spiro atoms. The van der Waals surface area contributed by atoms with Crippen molar-refractivity contribution >= 4 is 0 Å². The molecule has 2 nitrogen and oxygen atoms in total. The summed E-state index contributed by atoms with van der Waals surface area (Å²) >= 11 is 0. The van der Waals surface area contributed by atoms with Crippen LogP contribution in [0.15, 0.2) is 48.5 Å². The zero-order valence-electron chi connectivity index (χ0n) is 11.6. The minimum atomic E-state index is 0.776. The number of hydrogen-bond donors (Lipinski definition) is 1. The molecule has 2 aromatic carbocycles. The number of benzene rings is 2. The van der Waals surface area contributed by atoms with Crippen molar-refractivity contribution in [3.63, 3.8) is 0 Å². The Kier molecular flexibility index (Phi) is 5.13. The van der Waals surface area contributed by atoms with Crippen molar-refractivity contribution in [3.8, 4) is 11.1 Å².